The van der Waals surface area contributed by atoms with E-state index in [4.69, 9.17) is 0 Å². The van der Waals surface area contributed by atoms with Crippen molar-refractivity contribution in [3.8, 4) is 0 Å². The zero-order valence-corrected chi connectivity index (χ0v) is 11.6. The highest BCUT2D eigenvalue weighted by atomic mass is 32.2. The first-order valence-electron chi connectivity index (χ1n) is 6.64. The molecule has 2 fully saturated rings. The molecule has 3 rings (SSSR count). The number of benzene rings is 1. The van der Waals surface area contributed by atoms with Crippen LogP contribution >= 0.6 is 0 Å². The van der Waals surface area contributed by atoms with E-state index in [-0.39, 0.29) is 10.5 Å². The number of sulfone groups is 1. The third-order valence-corrected chi connectivity index (χ3v) is 7.19. The van der Waals surface area contributed by atoms with Crippen molar-refractivity contribution in [2.75, 3.05) is 0 Å². The Hall–Kier alpha value is -1.13. The molecule has 2 aliphatic rings. The first-order chi connectivity index (χ1) is 8.95. The minimum Gasteiger partial charge on any atom is -0.385 e. The summed E-state index contributed by atoms with van der Waals surface area (Å²) in [5.74, 6) is 0. The van der Waals surface area contributed by atoms with E-state index < -0.39 is 15.4 Å². The lowest BCUT2D eigenvalue weighted by Gasteiger charge is -2.36. The van der Waals surface area contributed by atoms with Gasteiger partial charge >= 0.3 is 0 Å². The van der Waals surface area contributed by atoms with E-state index >= 15 is 0 Å². The summed E-state index contributed by atoms with van der Waals surface area (Å²) in [4.78, 5) is 0. The summed E-state index contributed by atoms with van der Waals surface area (Å²) in [5.41, 5.74) is 0.763. The summed E-state index contributed by atoms with van der Waals surface area (Å²) in [6, 6.07) is 7.60. The van der Waals surface area contributed by atoms with Crippen LogP contribution in [0.15, 0.2) is 30.8 Å². The minimum absolute atomic E-state index is 0.326. The van der Waals surface area contributed by atoms with Gasteiger partial charge in [-0.05, 0) is 42.9 Å². The van der Waals surface area contributed by atoms with Gasteiger partial charge in [-0.1, -0.05) is 30.9 Å². The molecule has 1 aromatic rings. The maximum absolute atomic E-state index is 12.1. The van der Waals surface area contributed by atoms with Crippen LogP contribution in [0.2, 0.25) is 0 Å². The van der Waals surface area contributed by atoms with Crippen molar-refractivity contribution in [2.24, 2.45) is 0 Å². The molecule has 3 nitrogen and oxygen atoms in total. The Morgan fingerprint density at radius 3 is 2.47 bits per heavy atom. The first kappa shape index (κ1) is 12.9. The van der Waals surface area contributed by atoms with E-state index in [1.54, 1.807) is 6.08 Å². The summed E-state index contributed by atoms with van der Waals surface area (Å²) < 4.78 is 24.2. The van der Waals surface area contributed by atoms with Crippen LogP contribution in [0.3, 0.4) is 0 Å². The average Bonchev–Trinajstić information content (AvgIpc) is 2.57. The third kappa shape index (κ3) is 1.94. The van der Waals surface area contributed by atoms with E-state index in [1.165, 1.54) is 0 Å². The summed E-state index contributed by atoms with van der Waals surface area (Å²) in [6.07, 6.45) is 3.77. The lowest BCUT2D eigenvalue weighted by Crippen LogP contribution is -2.43. The van der Waals surface area contributed by atoms with Crippen molar-refractivity contribution in [3.63, 3.8) is 0 Å². The molecule has 0 aliphatic carbocycles. The Morgan fingerprint density at radius 2 is 1.89 bits per heavy atom. The molecule has 0 aromatic heterocycles. The highest BCUT2D eigenvalue weighted by Crippen LogP contribution is 2.47. The van der Waals surface area contributed by atoms with Gasteiger partial charge in [0, 0.05) is 0 Å². The second-order valence-electron chi connectivity index (χ2n) is 5.68. The Labute approximate surface area is 113 Å². The van der Waals surface area contributed by atoms with Gasteiger partial charge in [0.2, 0.25) is 0 Å². The number of rotatable bonds is 2. The molecule has 2 saturated heterocycles. The number of fused-ring (bicyclic) bond motifs is 2. The SMILES string of the molecule is C=Cc1cccc(C2(O)CC3CCC(C2)S3(=O)=O)c1. The van der Waals surface area contributed by atoms with Crippen LogP contribution in [0.5, 0.6) is 0 Å². The standard InChI is InChI=1S/C15H18O3S/c1-2-11-4-3-5-12(8-11)15(16)9-13-6-7-14(10-15)19(13,17)18/h2-5,8,13-14,16H,1,6-7,9-10H2. The molecule has 2 heterocycles. The molecule has 19 heavy (non-hydrogen) atoms. The fourth-order valence-corrected chi connectivity index (χ4v) is 5.93. The fraction of sp³-hybridized carbons (Fsp3) is 0.467. The molecule has 0 amide bonds. The van der Waals surface area contributed by atoms with Crippen LogP contribution in [0.1, 0.15) is 36.8 Å². The normalized spacial score (nSPS) is 36.1. The second kappa shape index (κ2) is 4.18. The molecule has 0 spiro atoms. The van der Waals surface area contributed by atoms with E-state index in [0.29, 0.717) is 25.7 Å². The molecule has 2 bridgehead atoms. The molecule has 2 unspecified atom stereocenters. The lowest BCUT2D eigenvalue weighted by atomic mass is 9.85. The molecule has 2 aliphatic heterocycles. The average molecular weight is 278 g/mol. The second-order valence-corrected chi connectivity index (χ2v) is 8.19. The van der Waals surface area contributed by atoms with Gasteiger partial charge in [0.15, 0.2) is 9.84 Å². The van der Waals surface area contributed by atoms with Crippen LogP contribution < -0.4 is 0 Å². The largest absolute Gasteiger partial charge is 0.385 e. The van der Waals surface area contributed by atoms with Gasteiger partial charge in [0.1, 0.15) is 0 Å². The van der Waals surface area contributed by atoms with Crippen LogP contribution in [0, 0.1) is 0 Å². The zero-order valence-electron chi connectivity index (χ0n) is 10.7. The van der Waals surface area contributed by atoms with E-state index in [0.717, 1.165) is 11.1 Å². The molecular weight excluding hydrogens is 260 g/mol. The van der Waals surface area contributed by atoms with Crippen molar-refractivity contribution in [1.29, 1.82) is 0 Å². The Balaban J connectivity index is 1.99. The predicted octanol–water partition coefficient (Wildman–Crippen LogP) is 2.26. The van der Waals surface area contributed by atoms with Crippen LogP contribution in [-0.2, 0) is 15.4 Å². The Morgan fingerprint density at radius 1 is 1.26 bits per heavy atom. The fourth-order valence-electron chi connectivity index (χ4n) is 3.44. The maximum Gasteiger partial charge on any atom is 0.156 e. The first-order valence-corrected chi connectivity index (χ1v) is 8.25. The molecule has 2 atom stereocenters. The molecule has 0 saturated carbocycles. The molecule has 0 radical (unpaired) electrons. The van der Waals surface area contributed by atoms with Gasteiger partial charge in [-0.2, -0.15) is 0 Å². The van der Waals surface area contributed by atoms with Gasteiger partial charge in [-0.25, -0.2) is 8.42 Å². The quantitative estimate of drug-likeness (QED) is 0.902. The topological polar surface area (TPSA) is 54.4 Å². The van der Waals surface area contributed by atoms with Crippen molar-refractivity contribution >= 4 is 15.9 Å². The van der Waals surface area contributed by atoms with Gasteiger partial charge in [0.25, 0.3) is 0 Å². The maximum atomic E-state index is 12.1. The molecule has 4 heteroatoms. The summed E-state index contributed by atoms with van der Waals surface area (Å²) >= 11 is 0. The lowest BCUT2D eigenvalue weighted by molar-refractivity contribution is 0.0173. The summed E-state index contributed by atoms with van der Waals surface area (Å²) in [7, 11) is -3.00. The number of hydrogen-bond acceptors (Lipinski definition) is 3. The summed E-state index contributed by atoms with van der Waals surface area (Å²) in [5, 5.41) is 10.1. The van der Waals surface area contributed by atoms with Gasteiger partial charge in [0.05, 0.1) is 16.1 Å². The van der Waals surface area contributed by atoms with Crippen molar-refractivity contribution in [2.45, 2.75) is 41.8 Å². The van der Waals surface area contributed by atoms with Crippen LogP contribution in [0.25, 0.3) is 6.08 Å². The van der Waals surface area contributed by atoms with Crippen LogP contribution in [-0.4, -0.2) is 24.0 Å². The van der Waals surface area contributed by atoms with Crippen molar-refractivity contribution < 1.29 is 13.5 Å². The highest BCUT2D eigenvalue weighted by Gasteiger charge is 2.53. The zero-order chi connectivity index (χ0) is 13.7. The number of aliphatic hydroxyl groups is 1. The van der Waals surface area contributed by atoms with Gasteiger partial charge in [-0.3, -0.25) is 0 Å². The predicted molar refractivity (Wildman–Crippen MR) is 75.4 cm³/mol. The van der Waals surface area contributed by atoms with E-state index in [9.17, 15) is 13.5 Å². The third-order valence-electron chi connectivity index (χ3n) is 4.53. The number of hydrogen-bond donors (Lipinski definition) is 1. The van der Waals surface area contributed by atoms with Gasteiger partial charge in [-0.15, -0.1) is 0 Å². The smallest absolute Gasteiger partial charge is 0.156 e. The van der Waals surface area contributed by atoms with E-state index in [2.05, 4.69) is 6.58 Å². The Bertz CT molecular complexity index is 598. The van der Waals surface area contributed by atoms with E-state index in [1.807, 2.05) is 24.3 Å². The van der Waals surface area contributed by atoms with Crippen LogP contribution in [0.4, 0.5) is 0 Å². The van der Waals surface area contributed by atoms with Crippen molar-refractivity contribution in [1.82, 2.24) is 0 Å². The summed E-state index contributed by atoms with van der Waals surface area (Å²) in [6.45, 7) is 3.73. The molecule has 1 N–H and O–H groups in total. The highest BCUT2D eigenvalue weighted by molar-refractivity contribution is 7.93. The minimum atomic E-state index is -3.00. The Kier molecular flexibility index (Phi) is 2.84. The van der Waals surface area contributed by atoms with Gasteiger partial charge < -0.3 is 5.11 Å². The molecular formula is C15H18O3S. The monoisotopic (exact) mass is 278 g/mol. The van der Waals surface area contributed by atoms with Crippen molar-refractivity contribution in [3.05, 3.63) is 42.0 Å². The molecule has 1 aromatic carbocycles. The molecule has 102 valence electrons.